The average molecular weight is 290 g/mol. The molecule has 114 valence electrons. The van der Waals surface area contributed by atoms with Crippen LogP contribution in [0.5, 0.6) is 0 Å². The molecule has 1 aromatic rings. The minimum atomic E-state index is -0.983. The van der Waals surface area contributed by atoms with E-state index in [0.717, 1.165) is 6.54 Å². The second kappa shape index (κ2) is 6.61. The van der Waals surface area contributed by atoms with Crippen LogP contribution in [0.1, 0.15) is 41.6 Å². The van der Waals surface area contributed by atoms with Gasteiger partial charge >= 0.3 is 12.0 Å². The van der Waals surface area contributed by atoms with E-state index >= 15 is 0 Å². The quantitative estimate of drug-likeness (QED) is 0.893. The van der Waals surface area contributed by atoms with Gasteiger partial charge in [0.2, 0.25) is 0 Å². The zero-order valence-corrected chi connectivity index (χ0v) is 12.6. The Balaban J connectivity index is 1.98. The van der Waals surface area contributed by atoms with E-state index in [0.29, 0.717) is 17.2 Å². The van der Waals surface area contributed by atoms with Crippen LogP contribution in [0.3, 0.4) is 0 Å². The van der Waals surface area contributed by atoms with E-state index in [-0.39, 0.29) is 11.6 Å². The lowest BCUT2D eigenvalue weighted by Gasteiger charge is -2.21. The van der Waals surface area contributed by atoms with Crippen LogP contribution < -0.4 is 5.32 Å². The zero-order chi connectivity index (χ0) is 15.4. The molecule has 1 saturated carbocycles. The van der Waals surface area contributed by atoms with Crippen molar-refractivity contribution in [2.24, 2.45) is 5.92 Å². The fraction of sp³-hybridized carbons (Fsp3) is 0.500. The van der Waals surface area contributed by atoms with E-state index in [1.54, 1.807) is 31.0 Å². The van der Waals surface area contributed by atoms with Crippen molar-refractivity contribution < 1.29 is 14.7 Å². The number of aromatic carboxylic acids is 1. The molecule has 2 rings (SSSR count). The number of carbonyl (C=O) groups excluding carboxylic acids is 1. The highest BCUT2D eigenvalue weighted by Gasteiger charge is 2.19. The predicted octanol–water partition coefficient (Wildman–Crippen LogP) is 3.35. The van der Waals surface area contributed by atoms with Crippen LogP contribution in [0.2, 0.25) is 0 Å². The first-order valence-electron chi connectivity index (χ1n) is 7.33. The first-order chi connectivity index (χ1) is 9.97. The molecule has 1 aliphatic carbocycles. The summed E-state index contributed by atoms with van der Waals surface area (Å²) in [5, 5.41) is 11.9. The van der Waals surface area contributed by atoms with Gasteiger partial charge in [-0.25, -0.2) is 9.59 Å². The maximum Gasteiger partial charge on any atom is 0.336 e. The number of nitrogens with one attached hydrogen (secondary N) is 1. The number of hydrogen-bond acceptors (Lipinski definition) is 2. The topological polar surface area (TPSA) is 69.6 Å². The maximum absolute atomic E-state index is 12.1. The Bertz CT molecular complexity index is 536. The first-order valence-corrected chi connectivity index (χ1v) is 7.33. The fourth-order valence-electron chi connectivity index (χ4n) is 2.81. The lowest BCUT2D eigenvalue weighted by Crippen LogP contribution is -2.34. The Morgan fingerprint density at radius 2 is 2.00 bits per heavy atom. The van der Waals surface area contributed by atoms with E-state index in [2.05, 4.69) is 5.32 Å². The van der Waals surface area contributed by atoms with Crippen LogP contribution >= 0.6 is 0 Å². The third-order valence-corrected chi connectivity index (χ3v) is 4.07. The largest absolute Gasteiger partial charge is 0.478 e. The number of hydrogen-bond donors (Lipinski definition) is 2. The molecule has 1 aliphatic rings. The first kappa shape index (κ1) is 15.4. The molecule has 0 radical (unpaired) electrons. The van der Waals surface area contributed by atoms with Crippen molar-refractivity contribution in [3.05, 3.63) is 29.3 Å². The van der Waals surface area contributed by atoms with Crippen LogP contribution in [0.25, 0.3) is 0 Å². The second-order valence-electron chi connectivity index (χ2n) is 5.80. The van der Waals surface area contributed by atoms with Crippen molar-refractivity contribution >= 4 is 17.7 Å². The molecule has 0 bridgehead atoms. The summed E-state index contributed by atoms with van der Waals surface area (Å²) in [7, 11) is 1.78. The van der Waals surface area contributed by atoms with Gasteiger partial charge in [0, 0.05) is 19.3 Å². The highest BCUT2D eigenvalue weighted by Crippen LogP contribution is 2.25. The molecule has 1 fully saturated rings. The summed E-state index contributed by atoms with van der Waals surface area (Å²) in [4.78, 5) is 24.9. The molecular formula is C16H22N2O3. The Morgan fingerprint density at radius 1 is 1.33 bits per heavy atom. The van der Waals surface area contributed by atoms with Gasteiger partial charge in [-0.2, -0.15) is 0 Å². The van der Waals surface area contributed by atoms with Gasteiger partial charge in [-0.05, 0) is 43.4 Å². The number of benzene rings is 1. The zero-order valence-electron chi connectivity index (χ0n) is 12.6. The molecule has 0 saturated heterocycles. The fourth-order valence-corrected chi connectivity index (χ4v) is 2.81. The number of anilines is 1. The molecular weight excluding hydrogens is 268 g/mol. The van der Waals surface area contributed by atoms with Crippen molar-refractivity contribution in [3.8, 4) is 0 Å². The number of urea groups is 1. The molecule has 1 aromatic carbocycles. The van der Waals surface area contributed by atoms with Crippen LogP contribution in [-0.2, 0) is 0 Å². The summed E-state index contributed by atoms with van der Waals surface area (Å²) in [5.74, 6) is -0.392. The van der Waals surface area contributed by atoms with Crippen LogP contribution in [0.15, 0.2) is 18.2 Å². The van der Waals surface area contributed by atoms with E-state index < -0.39 is 5.97 Å². The molecule has 2 N–H and O–H groups in total. The van der Waals surface area contributed by atoms with Crippen molar-refractivity contribution in [2.45, 2.75) is 32.6 Å². The maximum atomic E-state index is 12.1. The monoisotopic (exact) mass is 290 g/mol. The summed E-state index contributed by atoms with van der Waals surface area (Å²) < 4.78 is 0. The number of amides is 2. The highest BCUT2D eigenvalue weighted by molar-refractivity contribution is 5.94. The number of carboxylic acid groups (broad SMARTS) is 1. The van der Waals surface area contributed by atoms with Crippen molar-refractivity contribution in [2.75, 3.05) is 18.9 Å². The minimum Gasteiger partial charge on any atom is -0.478 e. The van der Waals surface area contributed by atoms with Gasteiger partial charge in [-0.1, -0.05) is 18.9 Å². The van der Waals surface area contributed by atoms with E-state index in [1.165, 1.54) is 31.7 Å². The summed E-state index contributed by atoms with van der Waals surface area (Å²) in [6.45, 7) is 2.49. The van der Waals surface area contributed by atoms with Gasteiger partial charge in [0.1, 0.15) is 0 Å². The van der Waals surface area contributed by atoms with E-state index in [9.17, 15) is 9.59 Å². The summed E-state index contributed by atoms with van der Waals surface area (Å²) >= 11 is 0. The third-order valence-electron chi connectivity index (χ3n) is 4.07. The van der Waals surface area contributed by atoms with Crippen LogP contribution in [0.4, 0.5) is 10.5 Å². The molecule has 0 atom stereocenters. The molecule has 21 heavy (non-hydrogen) atoms. The molecule has 0 spiro atoms. The van der Waals surface area contributed by atoms with Crippen LogP contribution in [-0.4, -0.2) is 35.6 Å². The van der Waals surface area contributed by atoms with Gasteiger partial charge in [0.05, 0.1) is 5.56 Å². The molecule has 0 heterocycles. The standard InChI is InChI=1S/C16H22N2O3/c1-11-7-8-13(9-14(11)15(19)20)17-16(21)18(2)10-12-5-3-4-6-12/h7-9,12H,3-6,10H2,1-2H3,(H,17,21)(H,19,20). The smallest absolute Gasteiger partial charge is 0.336 e. The molecule has 5 heteroatoms. The van der Waals surface area contributed by atoms with Crippen molar-refractivity contribution in [1.29, 1.82) is 0 Å². The summed E-state index contributed by atoms with van der Waals surface area (Å²) in [6, 6.07) is 4.74. The molecule has 0 unspecified atom stereocenters. The number of nitrogens with zero attached hydrogens (tertiary/aromatic N) is 1. The third kappa shape index (κ3) is 3.97. The lowest BCUT2D eigenvalue weighted by molar-refractivity contribution is 0.0696. The average Bonchev–Trinajstić information content (AvgIpc) is 2.93. The minimum absolute atomic E-state index is 0.193. The summed E-state index contributed by atoms with van der Waals surface area (Å²) in [6.07, 6.45) is 4.87. The van der Waals surface area contributed by atoms with Crippen LogP contribution in [0, 0.1) is 12.8 Å². The summed E-state index contributed by atoms with van der Waals surface area (Å²) in [5.41, 5.74) is 1.41. The second-order valence-corrected chi connectivity index (χ2v) is 5.80. The normalized spacial score (nSPS) is 15.0. The molecule has 2 amide bonds. The Hall–Kier alpha value is -2.04. The number of rotatable bonds is 4. The van der Waals surface area contributed by atoms with E-state index in [1.807, 2.05) is 0 Å². The number of carboxylic acids is 1. The predicted molar refractivity (Wildman–Crippen MR) is 81.7 cm³/mol. The SMILES string of the molecule is Cc1ccc(NC(=O)N(C)CC2CCCC2)cc1C(=O)O. The Morgan fingerprint density at radius 3 is 2.62 bits per heavy atom. The number of carbonyl (C=O) groups is 2. The van der Waals surface area contributed by atoms with Gasteiger partial charge < -0.3 is 15.3 Å². The highest BCUT2D eigenvalue weighted by atomic mass is 16.4. The van der Waals surface area contributed by atoms with Gasteiger partial charge in [-0.15, -0.1) is 0 Å². The van der Waals surface area contributed by atoms with E-state index in [4.69, 9.17) is 5.11 Å². The van der Waals surface area contributed by atoms with Crippen molar-refractivity contribution in [1.82, 2.24) is 4.90 Å². The molecule has 5 nitrogen and oxygen atoms in total. The Kier molecular flexibility index (Phi) is 4.83. The van der Waals surface area contributed by atoms with Crippen molar-refractivity contribution in [3.63, 3.8) is 0 Å². The van der Waals surface area contributed by atoms with Gasteiger partial charge in [0.15, 0.2) is 0 Å². The van der Waals surface area contributed by atoms with Gasteiger partial charge in [0.25, 0.3) is 0 Å². The Labute approximate surface area is 125 Å². The molecule has 0 aliphatic heterocycles. The lowest BCUT2D eigenvalue weighted by atomic mass is 10.1. The number of aryl methyl sites for hydroxylation is 1. The molecule has 0 aromatic heterocycles. The van der Waals surface area contributed by atoms with Gasteiger partial charge in [-0.3, -0.25) is 0 Å².